The molecule has 0 spiro atoms. The number of aryl methyl sites for hydroxylation is 2. The summed E-state index contributed by atoms with van der Waals surface area (Å²) >= 11 is 1.30. The minimum Gasteiger partial charge on any atom is -0.497 e. The summed E-state index contributed by atoms with van der Waals surface area (Å²) in [6.07, 6.45) is 0.557. The summed E-state index contributed by atoms with van der Waals surface area (Å²) in [7, 11) is 1.63. The van der Waals surface area contributed by atoms with E-state index in [9.17, 15) is 10.1 Å². The van der Waals surface area contributed by atoms with Gasteiger partial charge in [0.1, 0.15) is 22.7 Å². The lowest BCUT2D eigenvalue weighted by atomic mass is 9.98. The van der Waals surface area contributed by atoms with E-state index in [0.717, 1.165) is 39.4 Å². The first-order chi connectivity index (χ1) is 17.9. The highest BCUT2D eigenvalue weighted by Crippen LogP contribution is 2.37. The van der Waals surface area contributed by atoms with Crippen LogP contribution in [0.5, 0.6) is 5.75 Å². The van der Waals surface area contributed by atoms with E-state index in [2.05, 4.69) is 16.4 Å². The van der Waals surface area contributed by atoms with Gasteiger partial charge >= 0.3 is 0 Å². The Morgan fingerprint density at radius 2 is 1.73 bits per heavy atom. The fraction of sp³-hybridized carbons (Fsp3) is 0.200. The van der Waals surface area contributed by atoms with Crippen LogP contribution in [0.4, 0.5) is 5.82 Å². The van der Waals surface area contributed by atoms with Crippen LogP contribution in [0, 0.1) is 25.2 Å². The number of nitrogens with one attached hydrogen (secondary N) is 1. The van der Waals surface area contributed by atoms with E-state index in [1.165, 1.54) is 11.8 Å². The lowest BCUT2D eigenvalue weighted by Gasteiger charge is -2.17. The molecule has 1 unspecified atom stereocenters. The molecule has 0 aliphatic rings. The van der Waals surface area contributed by atoms with Gasteiger partial charge in [0.15, 0.2) is 0 Å². The zero-order valence-electron chi connectivity index (χ0n) is 21.3. The van der Waals surface area contributed by atoms with Gasteiger partial charge in [-0.05, 0) is 68.3 Å². The number of aromatic nitrogens is 2. The average Bonchev–Trinajstić information content (AvgIpc) is 2.91. The molecule has 186 valence electrons. The fourth-order valence-corrected chi connectivity index (χ4v) is 4.89. The second kappa shape index (κ2) is 11.7. The van der Waals surface area contributed by atoms with Gasteiger partial charge in [-0.25, -0.2) is 9.97 Å². The van der Waals surface area contributed by atoms with Crippen molar-refractivity contribution in [2.75, 3.05) is 12.4 Å². The molecule has 0 aliphatic carbocycles. The van der Waals surface area contributed by atoms with Crippen molar-refractivity contribution in [3.63, 3.8) is 0 Å². The number of hydrogen-bond donors (Lipinski definition) is 1. The van der Waals surface area contributed by atoms with E-state index in [4.69, 9.17) is 9.72 Å². The van der Waals surface area contributed by atoms with Crippen molar-refractivity contribution in [1.82, 2.24) is 9.97 Å². The van der Waals surface area contributed by atoms with Crippen molar-refractivity contribution in [2.24, 2.45) is 0 Å². The van der Waals surface area contributed by atoms with Gasteiger partial charge in [0, 0.05) is 16.8 Å². The van der Waals surface area contributed by atoms with Crippen LogP contribution in [0.1, 0.15) is 30.2 Å². The molecule has 7 heteroatoms. The second-order valence-corrected chi connectivity index (χ2v) is 9.80. The number of pyridine rings is 2. The molecule has 2 heterocycles. The number of thioether (sulfide) groups is 1. The van der Waals surface area contributed by atoms with Crippen molar-refractivity contribution in [2.45, 2.75) is 37.5 Å². The normalized spacial score (nSPS) is 11.4. The first-order valence-electron chi connectivity index (χ1n) is 12.0. The maximum Gasteiger partial charge on any atom is 0.239 e. The van der Waals surface area contributed by atoms with Crippen molar-refractivity contribution in [1.29, 1.82) is 5.26 Å². The molecular formula is C30H28N4O2S. The number of nitrogens with zero attached hydrogens (tertiary/aromatic N) is 3. The molecule has 0 saturated carbocycles. The lowest BCUT2D eigenvalue weighted by Crippen LogP contribution is -2.25. The number of carbonyl (C=O) groups is 1. The van der Waals surface area contributed by atoms with E-state index in [1.54, 1.807) is 13.2 Å². The van der Waals surface area contributed by atoms with Crippen LogP contribution in [-0.2, 0) is 4.79 Å². The van der Waals surface area contributed by atoms with Crippen LogP contribution in [-0.4, -0.2) is 28.2 Å². The summed E-state index contributed by atoms with van der Waals surface area (Å²) < 4.78 is 5.30. The number of carbonyl (C=O) groups excluding carboxylic acids is 1. The molecule has 6 nitrogen and oxygen atoms in total. The van der Waals surface area contributed by atoms with Gasteiger partial charge in [0.05, 0.1) is 23.6 Å². The highest BCUT2D eigenvalue weighted by Gasteiger charge is 2.24. The van der Waals surface area contributed by atoms with E-state index < -0.39 is 5.25 Å². The monoisotopic (exact) mass is 508 g/mol. The molecule has 1 atom stereocenters. The van der Waals surface area contributed by atoms with Gasteiger partial charge < -0.3 is 10.1 Å². The maximum atomic E-state index is 13.2. The smallest absolute Gasteiger partial charge is 0.239 e. The number of rotatable bonds is 8. The zero-order chi connectivity index (χ0) is 26.4. The van der Waals surface area contributed by atoms with E-state index in [0.29, 0.717) is 22.8 Å². The standard InChI is InChI=1S/C30H28N4O2S/c1-5-27(29(35)34-28-8-6-7-20(3)32-28)37-30-25(18-31)24(21-11-9-19(2)10-12-21)17-26(33-30)22-13-15-23(36-4)16-14-22/h6-17,27H,5H2,1-4H3,(H,32,34,35). The Hall–Kier alpha value is -4.15. The summed E-state index contributed by atoms with van der Waals surface area (Å²) in [5.74, 6) is 1.08. The number of hydrogen-bond acceptors (Lipinski definition) is 6. The minimum absolute atomic E-state index is 0.178. The van der Waals surface area contributed by atoms with Crippen LogP contribution in [0.25, 0.3) is 22.4 Å². The minimum atomic E-state index is -0.459. The fourth-order valence-electron chi connectivity index (χ4n) is 3.86. The van der Waals surface area contributed by atoms with Crippen LogP contribution < -0.4 is 10.1 Å². The molecule has 0 fully saturated rings. The molecule has 0 aliphatic heterocycles. The molecule has 0 radical (unpaired) electrons. The van der Waals surface area contributed by atoms with Crippen LogP contribution in [0.3, 0.4) is 0 Å². The third-order valence-electron chi connectivity index (χ3n) is 5.90. The Bertz CT molecular complexity index is 1440. The third kappa shape index (κ3) is 6.16. The predicted molar refractivity (Wildman–Crippen MR) is 149 cm³/mol. The van der Waals surface area contributed by atoms with Crippen LogP contribution >= 0.6 is 11.8 Å². The van der Waals surface area contributed by atoms with E-state index in [1.807, 2.05) is 87.5 Å². The Kier molecular flexibility index (Phi) is 8.22. The second-order valence-electron chi connectivity index (χ2n) is 8.61. The number of ether oxygens (including phenoxy) is 1. The molecule has 0 bridgehead atoms. The van der Waals surface area contributed by atoms with Gasteiger partial charge in [-0.15, -0.1) is 0 Å². The molecule has 2 aromatic carbocycles. The Labute approximate surface area is 221 Å². The van der Waals surface area contributed by atoms with Crippen LogP contribution in [0.2, 0.25) is 0 Å². The SMILES string of the molecule is CCC(Sc1nc(-c2ccc(OC)cc2)cc(-c2ccc(C)cc2)c1C#N)C(=O)Nc1cccc(C)n1. The van der Waals surface area contributed by atoms with Crippen molar-refractivity contribution >= 4 is 23.5 Å². The molecule has 4 rings (SSSR count). The van der Waals surface area contributed by atoms with Crippen molar-refractivity contribution in [3.05, 3.63) is 89.6 Å². The Balaban J connectivity index is 1.77. The molecule has 4 aromatic rings. The topological polar surface area (TPSA) is 87.9 Å². The lowest BCUT2D eigenvalue weighted by molar-refractivity contribution is -0.115. The largest absolute Gasteiger partial charge is 0.497 e. The molecule has 2 aromatic heterocycles. The molecule has 1 N–H and O–H groups in total. The van der Waals surface area contributed by atoms with E-state index >= 15 is 0 Å². The summed E-state index contributed by atoms with van der Waals surface area (Å²) in [5, 5.41) is 13.2. The number of nitriles is 1. The van der Waals surface area contributed by atoms with Gasteiger partial charge in [0.2, 0.25) is 5.91 Å². The predicted octanol–water partition coefficient (Wildman–Crippen LogP) is 6.82. The molecule has 37 heavy (non-hydrogen) atoms. The third-order valence-corrected chi connectivity index (χ3v) is 7.25. The Morgan fingerprint density at radius 1 is 1.03 bits per heavy atom. The van der Waals surface area contributed by atoms with Crippen LogP contribution in [0.15, 0.2) is 77.8 Å². The average molecular weight is 509 g/mol. The number of anilines is 1. The summed E-state index contributed by atoms with van der Waals surface area (Å²) in [6, 6.07) is 25.5. The quantitative estimate of drug-likeness (QED) is 0.263. The number of methoxy groups -OCH3 is 1. The van der Waals surface area contributed by atoms with Gasteiger partial charge in [-0.3, -0.25) is 4.79 Å². The van der Waals surface area contributed by atoms with Crippen molar-refractivity contribution in [3.8, 4) is 34.2 Å². The van der Waals surface area contributed by atoms with E-state index in [-0.39, 0.29) is 5.91 Å². The number of amides is 1. The van der Waals surface area contributed by atoms with Gasteiger partial charge in [0.25, 0.3) is 0 Å². The highest BCUT2D eigenvalue weighted by molar-refractivity contribution is 8.00. The molecular weight excluding hydrogens is 480 g/mol. The molecule has 0 saturated heterocycles. The number of benzene rings is 2. The summed E-state index contributed by atoms with van der Waals surface area (Å²) in [4.78, 5) is 22.4. The Morgan fingerprint density at radius 3 is 2.35 bits per heavy atom. The maximum absolute atomic E-state index is 13.2. The summed E-state index contributed by atoms with van der Waals surface area (Å²) in [5.41, 5.74) is 5.71. The van der Waals surface area contributed by atoms with Gasteiger partial charge in [-0.2, -0.15) is 5.26 Å². The molecule has 1 amide bonds. The van der Waals surface area contributed by atoms with Crippen molar-refractivity contribution < 1.29 is 9.53 Å². The highest BCUT2D eigenvalue weighted by atomic mass is 32.2. The first kappa shape index (κ1) is 25.9. The van der Waals surface area contributed by atoms with Gasteiger partial charge in [-0.1, -0.05) is 54.6 Å². The summed E-state index contributed by atoms with van der Waals surface area (Å²) in [6.45, 7) is 5.85. The first-order valence-corrected chi connectivity index (χ1v) is 12.9. The zero-order valence-corrected chi connectivity index (χ0v) is 22.1.